The topological polar surface area (TPSA) is 296 Å². The minimum absolute atomic E-state index is 0.0192. The lowest BCUT2D eigenvalue weighted by Crippen LogP contribution is -2.51. The van der Waals surface area contributed by atoms with E-state index >= 15 is 0 Å². The molecule has 8 aliphatic rings. The van der Waals surface area contributed by atoms with Crippen molar-refractivity contribution >= 4 is 23.9 Å². The van der Waals surface area contributed by atoms with E-state index < -0.39 is 332 Å². The number of hydrogen-bond donors (Lipinski definition) is 4. The van der Waals surface area contributed by atoms with Gasteiger partial charge in [0.05, 0.1) is 78.7 Å². The molecular weight excluding hydrogens is 1520 g/mol. The molecule has 8 heterocycles. The molecule has 4 aromatic carbocycles. The Bertz CT molecular complexity index is 6930. The van der Waals surface area contributed by atoms with Crippen LogP contribution in [0.15, 0.2) is 48.5 Å². The first-order valence-electron chi connectivity index (χ1n) is 69.7. The number of ether oxygens (including phenoxy) is 12. The van der Waals surface area contributed by atoms with Crippen LogP contribution in [0.2, 0.25) is 0 Å². The summed E-state index contributed by atoms with van der Waals surface area (Å²) >= 11 is 0. The fraction of sp³-hybridized carbons (Fsp3) is 0.708. The molecule has 12 rings (SSSR count). The van der Waals surface area contributed by atoms with E-state index in [0.717, 1.165) is 47.1 Å². The van der Waals surface area contributed by atoms with E-state index in [4.69, 9.17) is 143 Å². The lowest BCUT2D eigenvalue weighted by Gasteiger charge is -2.47. The second-order valence-electron chi connectivity index (χ2n) is 29.9. The molecular formula is C96H152N8O16. The predicted molar refractivity (Wildman–Crippen MR) is 471 cm³/mol. The molecule has 8 N–H and O–H groups in total. The van der Waals surface area contributed by atoms with Crippen LogP contribution in [0, 0.1) is 70.8 Å². The van der Waals surface area contributed by atoms with Gasteiger partial charge in [-0.05, 0) is 192 Å². The number of rotatable bonds is 28. The van der Waals surface area contributed by atoms with Gasteiger partial charge < -0.3 is 79.8 Å². The molecule has 24 heteroatoms. The van der Waals surface area contributed by atoms with Crippen LogP contribution >= 0.6 is 0 Å². The quantitative estimate of drug-likeness (QED) is 0.0303. The fourth-order valence-electron chi connectivity index (χ4n) is 13.7. The predicted octanol–water partition coefficient (Wildman–Crippen LogP) is 14.3. The van der Waals surface area contributed by atoms with Crippen molar-refractivity contribution in [2.75, 3.05) is 109 Å². The van der Waals surface area contributed by atoms with Gasteiger partial charge in [0.2, 0.25) is 0 Å². The second-order valence-corrected chi connectivity index (χ2v) is 29.9. The molecule has 8 aliphatic heterocycles. The highest BCUT2D eigenvalue weighted by Crippen LogP contribution is 2.50. The van der Waals surface area contributed by atoms with Crippen LogP contribution in [0.25, 0.3) is 0 Å². The van der Waals surface area contributed by atoms with Gasteiger partial charge in [-0.3, -0.25) is 38.8 Å². The summed E-state index contributed by atoms with van der Waals surface area (Å²) in [6.45, 7) is -32.2. The van der Waals surface area contributed by atoms with Crippen LogP contribution in [0.3, 0.4) is 0 Å². The number of esters is 4. The average molecular weight is 1740 g/mol. The number of carbonyl (C=O) groups excluding carboxylic acids is 4. The van der Waals surface area contributed by atoms with Crippen molar-refractivity contribution < 1.29 is 162 Å². The number of benzene rings is 4. The van der Waals surface area contributed by atoms with E-state index in [2.05, 4.69) is 0 Å². The summed E-state index contributed by atoms with van der Waals surface area (Å²) < 4.78 is 591. The highest BCUT2D eigenvalue weighted by atomic mass is 16.6. The third-order valence-electron chi connectivity index (χ3n) is 19.4. The molecule has 672 valence electrons. The lowest BCUT2D eigenvalue weighted by molar-refractivity contribution is -0.161. The molecule has 0 aliphatic carbocycles. The Hall–Kier alpha value is -7.16. The first kappa shape index (κ1) is 41.8. The average Bonchev–Trinajstić information content (AvgIpc) is 0.652. The number of nitrogens with zero attached hydrogens (tertiary/aromatic N) is 4. The van der Waals surface area contributed by atoms with Gasteiger partial charge in [0.1, 0.15) is 48.4 Å². The standard InChI is InChI=1S/4C24H38N2O4/c4*1-14(2)9-17-13-26-8-7-16-10-21(28-5)22(29-6)11-18(16)19(26)12-20(17)30-24(27)23(25)15(3)4/h4*10-11,14-15,17,19-20,23H,7-9,12-13,25H2,1-6H3/t4*17?,19?,20?,23-/m0000/s1/i3D3,4D3,5D3,12D2,13D2,15D,17D,19D,20D,23D;3D3,4D3,12D,13D2,15D,17D,19D,20D,23D;3D3,4D3,5D3,12D2,13D2,15D,17D,19D,23D;3D3,4D3,12D2,13D2,15D,17D,19D,23D/tm;12?,17?,19?,20?,23-;2m. The molecule has 4 saturated heterocycles. The molecule has 0 saturated carbocycles. The van der Waals surface area contributed by atoms with Crippen LogP contribution < -0.4 is 60.8 Å². The number of hydrogen-bond acceptors (Lipinski definition) is 24. The van der Waals surface area contributed by atoms with Gasteiger partial charge in [0, 0.05) is 190 Å². The molecule has 13 unspecified atom stereocenters. The maximum absolute atomic E-state index is 13.7. The molecule has 17 atom stereocenters. The van der Waals surface area contributed by atoms with E-state index in [0.29, 0.717) is 16.0 Å². The molecule has 0 amide bonds. The first-order chi connectivity index (χ1) is 81.2. The minimum Gasteiger partial charge on any atom is -0.493 e. The van der Waals surface area contributed by atoms with Crippen LogP contribution in [-0.4, -0.2) is 201 Å². The minimum atomic E-state index is -4.14. The molecule has 0 aromatic heterocycles. The highest BCUT2D eigenvalue weighted by molar-refractivity contribution is 5.77. The number of carbonyl (C=O) groups is 4. The Morgan fingerprint density at radius 3 is 0.917 bits per heavy atom. The zero-order valence-electron chi connectivity index (χ0n) is 132. The summed E-state index contributed by atoms with van der Waals surface area (Å²) in [6.07, 6.45) is -27.3. The van der Waals surface area contributed by atoms with Gasteiger partial charge in [0.25, 0.3) is 0 Å². The van der Waals surface area contributed by atoms with E-state index in [-0.39, 0.29) is 113 Å². The largest absolute Gasteiger partial charge is 0.493 e. The van der Waals surface area contributed by atoms with Crippen molar-refractivity contribution in [3.63, 3.8) is 0 Å². The molecule has 4 fully saturated rings. The molecule has 0 spiro atoms. The Labute approximate surface area is 807 Å². The summed E-state index contributed by atoms with van der Waals surface area (Å²) in [5.41, 5.74) is 23.0. The zero-order chi connectivity index (χ0) is 143. The number of fused-ring (bicyclic) bond motifs is 12. The van der Waals surface area contributed by atoms with Crippen molar-refractivity contribution in [3.8, 4) is 46.0 Å². The Balaban J connectivity index is 0.000000266. The van der Waals surface area contributed by atoms with Gasteiger partial charge in [-0.1, -0.05) is 110 Å². The van der Waals surface area contributed by atoms with Crippen molar-refractivity contribution in [2.45, 2.75) is 260 Å². The molecule has 120 heavy (non-hydrogen) atoms. The third kappa shape index (κ3) is 23.8. The summed E-state index contributed by atoms with van der Waals surface area (Å²) in [7, 11) is 1.71. The highest BCUT2D eigenvalue weighted by Gasteiger charge is 2.47. The van der Waals surface area contributed by atoms with Crippen LogP contribution in [0.5, 0.6) is 46.0 Å². The van der Waals surface area contributed by atoms with E-state index in [1.807, 2.05) is 0 Å². The monoisotopic (exact) mass is 1740 g/mol. The Morgan fingerprint density at radius 1 is 0.367 bits per heavy atom. The summed E-state index contributed by atoms with van der Waals surface area (Å²) in [6, 6.07) is -17.1. The van der Waals surface area contributed by atoms with Gasteiger partial charge in [-0.25, -0.2) is 0 Å². The normalized spacial score (nSPS) is 44.8. The van der Waals surface area contributed by atoms with E-state index in [1.165, 1.54) is 72.6 Å². The second kappa shape index (κ2) is 43.9. The zero-order valence-corrected chi connectivity index (χ0v) is 69.3. The Kier molecular flexibility index (Phi) is 15.3. The van der Waals surface area contributed by atoms with Crippen molar-refractivity contribution in [2.24, 2.45) is 93.8 Å². The van der Waals surface area contributed by atoms with Crippen LogP contribution in [0.1, 0.15) is 316 Å². The lowest BCUT2D eigenvalue weighted by atomic mass is 9.79. The number of piperidine rings is 4. The van der Waals surface area contributed by atoms with Gasteiger partial charge in [-0.2, -0.15) is 0 Å². The SMILES string of the molecule is [2H]C([2H])([2H])C([2H])(C([2H])([2H])[2H])[C@]([2H])(N)C(=O)OC1C([2H])([2H])C2([2H])c3cc(OC)c(OC)cc3CCN2C([2H])([2H])C1([2H])CC(C)C.[2H]C([2H])([2H])Oc1cc2c(cc1OC)C1([2H])N(CC2)C([2H])([2H])C([2H])(CC(C)C)C(OC(=O)[C@@]([2H])(N)C([2H])(C([2H])([2H])[2H])C([2H])([2H])[2H])C1([2H])[2H].[2H]C([2H])([2H])Oc1cc2c(cc1OC)C1([2H])N(CC2)C([2H])([2H])C([2H])(CC(C)C)C([2H])(OC(=O)[C@@]([2H])(N)C([2H])(C([2H])([2H])[2H])C([2H])([2H])[2H])C1([2H])[2H].[2H]C1C2([2H])c3cc(OC)c(OC)cc3CCN2C([2H])([2H])C([2H])(CC(C)C)C1([2H])OC(=O)[C@@]([2H])(N)C([2H])(C([2H])([2H])[2H])C([2H])([2H])[2H]. The molecule has 4 aromatic rings. The third-order valence-corrected chi connectivity index (χ3v) is 19.4. The number of methoxy groups -OCH3 is 8. The molecule has 0 bridgehead atoms. The van der Waals surface area contributed by atoms with Crippen molar-refractivity contribution in [1.82, 2.24) is 19.6 Å². The molecule has 0 radical (unpaired) electrons. The fourth-order valence-corrected chi connectivity index (χ4v) is 13.7. The smallest absolute Gasteiger partial charge is 0.323 e. The van der Waals surface area contributed by atoms with Gasteiger partial charge in [0.15, 0.2) is 46.0 Å². The summed E-state index contributed by atoms with van der Waals surface area (Å²) in [5, 5.41) is 0. The first-order valence-corrected chi connectivity index (χ1v) is 38.1. The van der Waals surface area contributed by atoms with Crippen molar-refractivity contribution in [3.05, 3.63) is 93.0 Å². The maximum Gasteiger partial charge on any atom is 0.323 e. The maximum atomic E-state index is 13.7. The number of nitrogens with two attached hydrogens (primary N) is 4. The van der Waals surface area contributed by atoms with E-state index in [9.17, 15) is 42.5 Å². The van der Waals surface area contributed by atoms with Crippen LogP contribution in [0.4, 0.5) is 0 Å². The van der Waals surface area contributed by atoms with Gasteiger partial charge in [-0.15, -0.1) is 0 Å². The summed E-state index contributed by atoms with van der Waals surface area (Å²) in [5.74, 6) is -39.8. The van der Waals surface area contributed by atoms with Gasteiger partial charge >= 0.3 is 23.9 Å². The van der Waals surface area contributed by atoms with E-state index in [1.54, 1.807) is 41.5 Å². The van der Waals surface area contributed by atoms with Crippen LogP contribution in [-0.2, 0) is 63.8 Å². The molecule has 24 nitrogen and oxygen atoms in total. The Morgan fingerprint density at radius 2 is 0.617 bits per heavy atom. The summed E-state index contributed by atoms with van der Waals surface area (Å²) in [4.78, 5) is 57.8. The van der Waals surface area contributed by atoms with Crippen molar-refractivity contribution in [1.29, 1.82) is 0 Å².